The van der Waals surface area contributed by atoms with Crippen LogP contribution in [0.3, 0.4) is 0 Å². The molecule has 0 aliphatic heterocycles. The van der Waals surface area contributed by atoms with Crippen molar-refractivity contribution < 1.29 is 4.79 Å². The number of benzene rings is 1. The number of hydrogen-bond acceptors (Lipinski definition) is 3. The van der Waals surface area contributed by atoms with Gasteiger partial charge in [0, 0.05) is 11.8 Å². The number of hydrogen-bond donors (Lipinski definition) is 1. The van der Waals surface area contributed by atoms with Gasteiger partial charge < -0.3 is 5.32 Å². The van der Waals surface area contributed by atoms with Crippen molar-refractivity contribution in [2.24, 2.45) is 0 Å². The highest BCUT2D eigenvalue weighted by atomic mass is 16.2. The smallest absolute Gasteiger partial charge is 0.254 e. The maximum Gasteiger partial charge on any atom is 0.254 e. The maximum atomic E-state index is 12.1. The Kier molecular flexibility index (Phi) is 4.75. The zero-order valence-electron chi connectivity index (χ0n) is 13.4. The molecule has 0 atom stereocenters. The molecule has 5 heteroatoms. The van der Waals surface area contributed by atoms with Gasteiger partial charge in [-0.25, -0.2) is 4.98 Å². The van der Waals surface area contributed by atoms with E-state index in [0.29, 0.717) is 0 Å². The van der Waals surface area contributed by atoms with Gasteiger partial charge in [-0.1, -0.05) is 31.5 Å². The van der Waals surface area contributed by atoms with E-state index in [9.17, 15) is 9.59 Å². The molecule has 1 aromatic carbocycles. The van der Waals surface area contributed by atoms with Crippen molar-refractivity contribution in [2.75, 3.05) is 5.32 Å². The summed E-state index contributed by atoms with van der Waals surface area (Å²) < 4.78 is 1.31. The Bertz CT molecular complexity index is 748. The molecule has 5 nitrogen and oxygen atoms in total. The van der Waals surface area contributed by atoms with E-state index in [2.05, 4.69) is 10.3 Å². The average molecular weight is 299 g/mol. The number of aromatic nitrogens is 2. The fourth-order valence-electron chi connectivity index (χ4n) is 2.17. The van der Waals surface area contributed by atoms with Gasteiger partial charge in [0.1, 0.15) is 6.54 Å². The molecule has 1 aromatic heterocycles. The lowest BCUT2D eigenvalue weighted by atomic mass is 10.1. The van der Waals surface area contributed by atoms with Crippen molar-refractivity contribution >= 4 is 11.6 Å². The van der Waals surface area contributed by atoms with Gasteiger partial charge in [0.2, 0.25) is 5.91 Å². The zero-order valence-corrected chi connectivity index (χ0v) is 13.4. The first kappa shape index (κ1) is 15.9. The summed E-state index contributed by atoms with van der Waals surface area (Å²) in [4.78, 5) is 28.3. The summed E-state index contributed by atoms with van der Waals surface area (Å²) in [5.41, 5.74) is 3.41. The zero-order chi connectivity index (χ0) is 16.3. The molecular formula is C17H21N3O2. The van der Waals surface area contributed by atoms with Gasteiger partial charge in [0.25, 0.3) is 5.56 Å². The second kappa shape index (κ2) is 6.56. The number of nitrogens with zero attached hydrogens (tertiary/aromatic N) is 2. The lowest BCUT2D eigenvalue weighted by Crippen LogP contribution is -2.28. The molecule has 1 heterocycles. The molecule has 1 amide bonds. The van der Waals surface area contributed by atoms with Gasteiger partial charge >= 0.3 is 0 Å². The Morgan fingerprint density at radius 2 is 2.00 bits per heavy atom. The molecule has 0 unspecified atom stereocenters. The van der Waals surface area contributed by atoms with E-state index < -0.39 is 0 Å². The van der Waals surface area contributed by atoms with Crippen molar-refractivity contribution in [2.45, 2.75) is 40.2 Å². The normalized spacial score (nSPS) is 10.8. The summed E-state index contributed by atoms with van der Waals surface area (Å²) >= 11 is 0. The minimum absolute atomic E-state index is 0.0441. The SMILES string of the molecule is Cc1ccc(NC(=O)Cn2cnc(C(C)C)cc2=O)c(C)c1. The highest BCUT2D eigenvalue weighted by molar-refractivity contribution is 5.91. The molecule has 0 aliphatic carbocycles. The second-order valence-corrected chi connectivity index (χ2v) is 5.80. The Morgan fingerprint density at radius 3 is 2.59 bits per heavy atom. The van der Waals surface area contributed by atoms with E-state index >= 15 is 0 Å². The molecule has 2 rings (SSSR count). The standard InChI is InChI=1S/C17H21N3O2/c1-11(2)15-8-17(22)20(10-18-15)9-16(21)19-14-6-5-12(3)7-13(14)4/h5-8,10-11H,9H2,1-4H3,(H,19,21). The van der Waals surface area contributed by atoms with Crippen molar-refractivity contribution in [3.05, 3.63) is 57.8 Å². The largest absolute Gasteiger partial charge is 0.324 e. The van der Waals surface area contributed by atoms with E-state index in [4.69, 9.17) is 0 Å². The summed E-state index contributed by atoms with van der Waals surface area (Å²) in [7, 11) is 0. The van der Waals surface area contributed by atoms with Gasteiger partial charge in [0.05, 0.1) is 12.0 Å². The van der Waals surface area contributed by atoms with Crippen LogP contribution in [-0.4, -0.2) is 15.5 Å². The molecule has 0 spiro atoms. The van der Waals surface area contributed by atoms with Crippen molar-refractivity contribution in [1.82, 2.24) is 9.55 Å². The van der Waals surface area contributed by atoms with Crippen molar-refractivity contribution in [3.8, 4) is 0 Å². The highest BCUT2D eigenvalue weighted by Gasteiger charge is 2.09. The Balaban J connectivity index is 2.11. The lowest BCUT2D eigenvalue weighted by molar-refractivity contribution is -0.116. The molecule has 0 bridgehead atoms. The monoisotopic (exact) mass is 299 g/mol. The number of aryl methyl sites for hydroxylation is 2. The molecule has 0 fully saturated rings. The van der Waals surface area contributed by atoms with Gasteiger partial charge in [-0.05, 0) is 31.4 Å². The van der Waals surface area contributed by atoms with E-state index in [1.165, 1.54) is 17.0 Å². The molecule has 0 saturated carbocycles. The van der Waals surface area contributed by atoms with Crippen molar-refractivity contribution in [3.63, 3.8) is 0 Å². The Labute approximate surface area is 130 Å². The number of carbonyl (C=O) groups is 1. The molecule has 1 N–H and O–H groups in total. The quantitative estimate of drug-likeness (QED) is 0.944. The predicted octanol–water partition coefficient (Wildman–Crippen LogP) is 2.62. The highest BCUT2D eigenvalue weighted by Crippen LogP contribution is 2.15. The third-order valence-corrected chi connectivity index (χ3v) is 3.46. The maximum absolute atomic E-state index is 12.1. The summed E-state index contributed by atoms with van der Waals surface area (Å²) in [5.74, 6) is -0.0560. The topological polar surface area (TPSA) is 64.0 Å². The fraction of sp³-hybridized carbons (Fsp3) is 0.353. The van der Waals surface area contributed by atoms with Crippen LogP contribution in [0.5, 0.6) is 0 Å². The van der Waals surface area contributed by atoms with Gasteiger partial charge in [-0.2, -0.15) is 0 Å². The molecule has 116 valence electrons. The van der Waals surface area contributed by atoms with E-state index in [1.54, 1.807) is 0 Å². The van der Waals surface area contributed by atoms with Crippen LogP contribution in [0.15, 0.2) is 35.4 Å². The second-order valence-electron chi connectivity index (χ2n) is 5.80. The molecule has 0 radical (unpaired) electrons. The number of nitrogens with one attached hydrogen (secondary N) is 1. The van der Waals surface area contributed by atoms with E-state index in [1.807, 2.05) is 45.9 Å². The average Bonchev–Trinajstić information content (AvgIpc) is 2.44. The first-order chi connectivity index (χ1) is 10.4. The first-order valence-electron chi connectivity index (χ1n) is 7.30. The van der Waals surface area contributed by atoms with Crippen LogP contribution in [0.2, 0.25) is 0 Å². The molecule has 2 aromatic rings. The first-order valence-corrected chi connectivity index (χ1v) is 7.30. The van der Waals surface area contributed by atoms with Crippen molar-refractivity contribution in [1.29, 1.82) is 0 Å². The molecule has 0 aliphatic rings. The van der Waals surface area contributed by atoms with Crippen LogP contribution in [0.1, 0.15) is 36.6 Å². The third-order valence-electron chi connectivity index (χ3n) is 3.46. The van der Waals surface area contributed by atoms with Gasteiger partial charge in [-0.3, -0.25) is 14.2 Å². The third kappa shape index (κ3) is 3.81. The van der Waals surface area contributed by atoms with Crippen LogP contribution in [0.4, 0.5) is 5.69 Å². The van der Waals surface area contributed by atoms with Crippen LogP contribution < -0.4 is 10.9 Å². The van der Waals surface area contributed by atoms with Crippen LogP contribution in [-0.2, 0) is 11.3 Å². The van der Waals surface area contributed by atoms with E-state index in [0.717, 1.165) is 22.5 Å². The van der Waals surface area contributed by atoms with Gasteiger partial charge in [-0.15, -0.1) is 0 Å². The predicted molar refractivity (Wildman–Crippen MR) is 87.1 cm³/mol. The summed E-state index contributed by atoms with van der Waals surface area (Å²) in [6.45, 7) is 7.84. The van der Waals surface area contributed by atoms with E-state index in [-0.39, 0.29) is 23.9 Å². The summed E-state index contributed by atoms with van der Waals surface area (Å²) in [6, 6.07) is 7.29. The van der Waals surface area contributed by atoms with Gasteiger partial charge in [0.15, 0.2) is 0 Å². The molecule has 0 saturated heterocycles. The summed E-state index contributed by atoms with van der Waals surface area (Å²) in [6.07, 6.45) is 1.43. The fourth-order valence-corrected chi connectivity index (χ4v) is 2.17. The Morgan fingerprint density at radius 1 is 1.27 bits per heavy atom. The van der Waals surface area contributed by atoms with Crippen LogP contribution >= 0.6 is 0 Å². The minimum atomic E-state index is -0.242. The van der Waals surface area contributed by atoms with Crippen LogP contribution in [0, 0.1) is 13.8 Å². The Hall–Kier alpha value is -2.43. The number of rotatable bonds is 4. The lowest BCUT2D eigenvalue weighted by Gasteiger charge is -2.11. The minimum Gasteiger partial charge on any atom is -0.324 e. The number of carbonyl (C=O) groups excluding carboxylic acids is 1. The van der Waals surface area contributed by atoms with Crippen LogP contribution in [0.25, 0.3) is 0 Å². The summed E-state index contributed by atoms with van der Waals surface area (Å²) in [5, 5.41) is 2.82. The molecular weight excluding hydrogens is 278 g/mol. The number of anilines is 1. The molecule has 22 heavy (non-hydrogen) atoms. The number of amides is 1.